The molecule has 0 bridgehead atoms. The van der Waals surface area contributed by atoms with Gasteiger partial charge in [0.25, 0.3) is 5.56 Å². The van der Waals surface area contributed by atoms with E-state index >= 15 is 0 Å². The summed E-state index contributed by atoms with van der Waals surface area (Å²) >= 11 is 5.92. The molecule has 1 aliphatic heterocycles. The molecule has 6 nitrogen and oxygen atoms in total. The van der Waals surface area contributed by atoms with Crippen molar-refractivity contribution in [3.05, 3.63) is 56.7 Å². The Morgan fingerprint density at radius 1 is 1.42 bits per heavy atom. The van der Waals surface area contributed by atoms with Gasteiger partial charge in [0.05, 0.1) is 17.8 Å². The third-order valence-electron chi connectivity index (χ3n) is 4.22. The fourth-order valence-corrected chi connectivity index (χ4v) is 3.04. The number of benzene rings is 1. The summed E-state index contributed by atoms with van der Waals surface area (Å²) in [6.07, 6.45) is 0.677. The zero-order valence-electron chi connectivity index (χ0n) is 13.7. The Hall–Kier alpha value is -2.18. The van der Waals surface area contributed by atoms with E-state index in [1.807, 2.05) is 11.8 Å². The van der Waals surface area contributed by atoms with E-state index in [2.05, 4.69) is 10.3 Å². The summed E-state index contributed by atoms with van der Waals surface area (Å²) in [7, 11) is 1.72. The molecule has 1 amide bonds. The van der Waals surface area contributed by atoms with Crippen LogP contribution in [0.15, 0.2) is 29.1 Å². The van der Waals surface area contributed by atoms with E-state index < -0.39 is 0 Å². The van der Waals surface area contributed by atoms with E-state index in [-0.39, 0.29) is 18.0 Å². The molecule has 0 unspecified atom stereocenters. The van der Waals surface area contributed by atoms with Gasteiger partial charge in [-0.1, -0.05) is 17.7 Å². The quantitative estimate of drug-likeness (QED) is 0.919. The first-order valence-corrected chi connectivity index (χ1v) is 8.15. The minimum absolute atomic E-state index is 0.0301. The van der Waals surface area contributed by atoms with Gasteiger partial charge >= 0.3 is 0 Å². The van der Waals surface area contributed by atoms with Crippen LogP contribution in [0, 0.1) is 6.92 Å². The van der Waals surface area contributed by atoms with Crippen LogP contribution < -0.4 is 10.9 Å². The van der Waals surface area contributed by atoms with Crippen LogP contribution in [0.4, 0.5) is 5.69 Å². The van der Waals surface area contributed by atoms with Crippen LogP contribution in [-0.4, -0.2) is 33.4 Å². The highest BCUT2D eigenvalue weighted by molar-refractivity contribution is 6.30. The SMILES string of the molecule is Cc1nc2c(c(=O)n1C)CN(CC(=O)Nc1cccc(Cl)c1)CC2. The summed E-state index contributed by atoms with van der Waals surface area (Å²) < 4.78 is 1.55. The molecule has 126 valence electrons. The Bertz CT molecular complexity index is 847. The van der Waals surface area contributed by atoms with Gasteiger partial charge in [0.1, 0.15) is 5.82 Å². The van der Waals surface area contributed by atoms with Gasteiger partial charge in [0.2, 0.25) is 5.91 Å². The van der Waals surface area contributed by atoms with E-state index in [0.29, 0.717) is 41.6 Å². The second-order valence-corrected chi connectivity index (χ2v) is 6.40. The second-order valence-electron chi connectivity index (χ2n) is 5.97. The normalized spacial score (nSPS) is 14.3. The van der Waals surface area contributed by atoms with Gasteiger partial charge in [-0.3, -0.25) is 19.1 Å². The standard InChI is InChI=1S/C17H19ClN4O2/c1-11-19-15-6-7-22(9-14(15)17(24)21(11)2)10-16(23)20-13-5-3-4-12(18)8-13/h3-5,8H,6-7,9-10H2,1-2H3,(H,20,23). The lowest BCUT2D eigenvalue weighted by Gasteiger charge is -2.27. The molecule has 0 aliphatic carbocycles. The molecule has 0 atom stereocenters. The first kappa shape index (κ1) is 16.7. The third-order valence-corrected chi connectivity index (χ3v) is 4.45. The second kappa shape index (κ2) is 6.75. The highest BCUT2D eigenvalue weighted by Crippen LogP contribution is 2.16. The lowest BCUT2D eigenvalue weighted by atomic mass is 10.1. The van der Waals surface area contributed by atoms with Crippen molar-refractivity contribution in [2.75, 3.05) is 18.4 Å². The maximum Gasteiger partial charge on any atom is 0.257 e. The molecule has 0 fully saturated rings. The van der Waals surface area contributed by atoms with Gasteiger partial charge in [0, 0.05) is 37.3 Å². The number of hydrogen-bond acceptors (Lipinski definition) is 4. The summed E-state index contributed by atoms with van der Waals surface area (Å²) in [5, 5.41) is 3.40. The van der Waals surface area contributed by atoms with Crippen molar-refractivity contribution in [1.29, 1.82) is 0 Å². The van der Waals surface area contributed by atoms with E-state index in [0.717, 1.165) is 5.69 Å². The molecule has 24 heavy (non-hydrogen) atoms. The molecule has 0 spiro atoms. The molecule has 1 aromatic carbocycles. The molecule has 1 N–H and O–H groups in total. The molecule has 0 saturated carbocycles. The predicted molar refractivity (Wildman–Crippen MR) is 93.3 cm³/mol. The van der Waals surface area contributed by atoms with Crippen molar-refractivity contribution in [3.63, 3.8) is 0 Å². The lowest BCUT2D eigenvalue weighted by molar-refractivity contribution is -0.117. The summed E-state index contributed by atoms with van der Waals surface area (Å²) in [5.74, 6) is 0.587. The summed E-state index contributed by atoms with van der Waals surface area (Å²) in [4.78, 5) is 31.0. The molecule has 0 saturated heterocycles. The van der Waals surface area contributed by atoms with Crippen molar-refractivity contribution >= 4 is 23.2 Å². The maximum atomic E-state index is 12.4. The number of halogens is 1. The number of anilines is 1. The van der Waals surface area contributed by atoms with Gasteiger partial charge in [-0.2, -0.15) is 0 Å². The maximum absolute atomic E-state index is 12.4. The number of hydrogen-bond donors (Lipinski definition) is 1. The molecule has 1 aliphatic rings. The van der Waals surface area contributed by atoms with E-state index in [9.17, 15) is 9.59 Å². The molecular weight excluding hydrogens is 328 g/mol. The van der Waals surface area contributed by atoms with E-state index in [1.165, 1.54) is 0 Å². The van der Waals surface area contributed by atoms with Crippen LogP contribution in [-0.2, 0) is 24.8 Å². The fraction of sp³-hybridized carbons (Fsp3) is 0.353. The molecule has 3 rings (SSSR count). The largest absolute Gasteiger partial charge is 0.325 e. The topological polar surface area (TPSA) is 67.2 Å². The molecule has 0 radical (unpaired) electrons. The summed E-state index contributed by atoms with van der Waals surface area (Å²) in [6.45, 7) is 3.20. The molecule has 1 aromatic heterocycles. The van der Waals surface area contributed by atoms with Crippen LogP contribution in [0.5, 0.6) is 0 Å². The molecule has 2 aromatic rings. The zero-order chi connectivity index (χ0) is 17.3. The van der Waals surface area contributed by atoms with Crippen LogP contribution in [0.1, 0.15) is 17.1 Å². The predicted octanol–water partition coefficient (Wildman–Crippen LogP) is 1.74. The van der Waals surface area contributed by atoms with Crippen molar-refractivity contribution in [2.45, 2.75) is 19.9 Å². The van der Waals surface area contributed by atoms with Crippen LogP contribution >= 0.6 is 11.6 Å². The van der Waals surface area contributed by atoms with E-state index in [4.69, 9.17) is 11.6 Å². The fourth-order valence-electron chi connectivity index (χ4n) is 2.85. The van der Waals surface area contributed by atoms with Gasteiger partial charge in [-0.25, -0.2) is 4.98 Å². The minimum atomic E-state index is -0.127. The minimum Gasteiger partial charge on any atom is -0.325 e. The summed E-state index contributed by atoms with van der Waals surface area (Å²) in [5.41, 5.74) is 2.17. The number of aromatic nitrogens is 2. The molecule has 2 heterocycles. The number of nitrogens with one attached hydrogen (secondary N) is 1. The van der Waals surface area contributed by atoms with Gasteiger partial charge in [0.15, 0.2) is 0 Å². The lowest BCUT2D eigenvalue weighted by Crippen LogP contribution is -2.41. The van der Waals surface area contributed by atoms with Crippen molar-refractivity contribution < 1.29 is 4.79 Å². The number of carbonyl (C=O) groups is 1. The van der Waals surface area contributed by atoms with Crippen LogP contribution in [0.25, 0.3) is 0 Å². The molecular formula is C17H19ClN4O2. The van der Waals surface area contributed by atoms with Crippen molar-refractivity contribution in [1.82, 2.24) is 14.5 Å². The Kier molecular flexibility index (Phi) is 4.69. The number of fused-ring (bicyclic) bond motifs is 1. The van der Waals surface area contributed by atoms with Crippen molar-refractivity contribution in [3.8, 4) is 0 Å². The number of aryl methyl sites for hydroxylation is 1. The van der Waals surface area contributed by atoms with Crippen molar-refractivity contribution in [2.24, 2.45) is 7.05 Å². The summed E-state index contributed by atoms with van der Waals surface area (Å²) in [6, 6.07) is 7.03. The number of amides is 1. The third kappa shape index (κ3) is 3.49. The number of rotatable bonds is 3. The van der Waals surface area contributed by atoms with Crippen LogP contribution in [0.2, 0.25) is 5.02 Å². The number of carbonyl (C=O) groups excluding carboxylic acids is 1. The van der Waals surface area contributed by atoms with Crippen LogP contribution in [0.3, 0.4) is 0 Å². The molecule has 7 heteroatoms. The van der Waals surface area contributed by atoms with Gasteiger partial charge < -0.3 is 5.32 Å². The van der Waals surface area contributed by atoms with Gasteiger partial charge in [-0.05, 0) is 25.1 Å². The Balaban J connectivity index is 1.69. The monoisotopic (exact) mass is 346 g/mol. The van der Waals surface area contributed by atoms with E-state index in [1.54, 1.807) is 35.9 Å². The van der Waals surface area contributed by atoms with Gasteiger partial charge in [-0.15, -0.1) is 0 Å². The highest BCUT2D eigenvalue weighted by Gasteiger charge is 2.23. The first-order chi connectivity index (χ1) is 11.4. The first-order valence-electron chi connectivity index (χ1n) is 7.77. The average molecular weight is 347 g/mol. The zero-order valence-corrected chi connectivity index (χ0v) is 14.4. The Morgan fingerprint density at radius 3 is 2.96 bits per heavy atom. The highest BCUT2D eigenvalue weighted by atomic mass is 35.5. The Morgan fingerprint density at radius 2 is 2.21 bits per heavy atom. The Labute approximate surface area is 145 Å². The average Bonchev–Trinajstić information content (AvgIpc) is 2.53. The smallest absolute Gasteiger partial charge is 0.257 e. The number of nitrogens with zero attached hydrogens (tertiary/aromatic N) is 3.